The van der Waals surface area contributed by atoms with Crippen LogP contribution in [0.1, 0.15) is 5.89 Å². The number of hydrogen-bond donors (Lipinski definition) is 1. The predicted molar refractivity (Wildman–Crippen MR) is 85.7 cm³/mol. The van der Waals surface area contributed by atoms with Gasteiger partial charge < -0.3 is 10.3 Å². The van der Waals surface area contributed by atoms with Crippen LogP contribution < -0.4 is 5.73 Å². The van der Waals surface area contributed by atoms with Crippen molar-refractivity contribution in [1.29, 1.82) is 0 Å². The number of nitrogen functional groups attached to an aromatic ring is 1. The molecule has 0 fully saturated rings. The zero-order chi connectivity index (χ0) is 13.9. The Hall–Kier alpha value is -1.31. The lowest BCUT2D eigenvalue weighted by Crippen LogP contribution is -1.89. The fraction of sp³-hybridized carbons (Fsp3) is 0.0769. The molecule has 3 aromatic rings. The van der Waals surface area contributed by atoms with E-state index in [1.165, 1.54) is 0 Å². The Balaban J connectivity index is 1.70. The van der Waals surface area contributed by atoms with Crippen LogP contribution in [-0.2, 0) is 5.75 Å². The zero-order valence-electron chi connectivity index (χ0n) is 10.2. The van der Waals surface area contributed by atoms with Crippen molar-refractivity contribution in [3.05, 3.63) is 45.4 Å². The van der Waals surface area contributed by atoms with Gasteiger partial charge in [-0.05, 0) is 29.6 Å². The average Bonchev–Trinajstić information content (AvgIpc) is 3.08. The van der Waals surface area contributed by atoms with Crippen LogP contribution in [0.25, 0.3) is 11.4 Å². The second-order valence-electron chi connectivity index (χ2n) is 3.99. The molecule has 102 valence electrons. The molecule has 0 saturated heterocycles. The number of aromatic nitrogens is 2. The molecule has 0 aliphatic rings. The number of benzene rings is 1. The molecular formula is C13H10BrN3OS2. The van der Waals surface area contributed by atoms with E-state index < -0.39 is 0 Å². The second-order valence-corrected chi connectivity index (χ2v) is 6.71. The quantitative estimate of drug-likeness (QED) is 0.545. The number of rotatable bonds is 4. The third-order valence-electron chi connectivity index (χ3n) is 2.57. The summed E-state index contributed by atoms with van der Waals surface area (Å²) in [5, 5.41) is 7.96. The monoisotopic (exact) mass is 367 g/mol. The topological polar surface area (TPSA) is 64.9 Å². The van der Waals surface area contributed by atoms with Crippen LogP contribution in [0.2, 0.25) is 0 Å². The molecule has 0 amide bonds. The first-order valence-electron chi connectivity index (χ1n) is 5.75. The van der Waals surface area contributed by atoms with E-state index in [1.54, 1.807) is 23.1 Å². The zero-order valence-corrected chi connectivity index (χ0v) is 13.5. The molecule has 1 aromatic carbocycles. The van der Waals surface area contributed by atoms with E-state index in [0.717, 1.165) is 20.6 Å². The van der Waals surface area contributed by atoms with Crippen molar-refractivity contribution in [2.24, 2.45) is 0 Å². The van der Waals surface area contributed by atoms with Gasteiger partial charge in [0.1, 0.15) is 0 Å². The Bertz CT molecular complexity index is 712. The van der Waals surface area contributed by atoms with Gasteiger partial charge in [0.05, 0.1) is 5.75 Å². The third kappa shape index (κ3) is 3.05. The lowest BCUT2D eigenvalue weighted by Gasteiger charge is -2.03. The molecule has 2 aromatic heterocycles. The maximum atomic E-state index is 5.95. The van der Waals surface area contributed by atoms with Crippen molar-refractivity contribution in [3.8, 4) is 11.4 Å². The maximum Gasteiger partial charge on any atom is 0.237 e. The normalized spacial score (nSPS) is 10.8. The molecule has 0 radical (unpaired) electrons. The minimum absolute atomic E-state index is 0.596. The van der Waals surface area contributed by atoms with E-state index in [0.29, 0.717) is 17.5 Å². The van der Waals surface area contributed by atoms with Crippen molar-refractivity contribution >= 4 is 44.7 Å². The van der Waals surface area contributed by atoms with Crippen LogP contribution in [-0.4, -0.2) is 10.1 Å². The molecule has 0 atom stereocenters. The minimum Gasteiger partial charge on any atom is -0.398 e. The summed E-state index contributed by atoms with van der Waals surface area (Å²) in [6.07, 6.45) is 0. The average molecular weight is 368 g/mol. The molecule has 2 N–H and O–H groups in total. The lowest BCUT2D eigenvalue weighted by atomic mass is 10.3. The van der Waals surface area contributed by atoms with Crippen LogP contribution in [0.15, 0.2) is 48.9 Å². The Morgan fingerprint density at radius 1 is 1.35 bits per heavy atom. The molecular weight excluding hydrogens is 358 g/mol. The van der Waals surface area contributed by atoms with Gasteiger partial charge in [-0.1, -0.05) is 21.1 Å². The van der Waals surface area contributed by atoms with Gasteiger partial charge in [-0.3, -0.25) is 0 Å². The Kier molecular flexibility index (Phi) is 4.09. The molecule has 0 aliphatic heterocycles. The summed E-state index contributed by atoms with van der Waals surface area (Å²) in [7, 11) is 0. The standard InChI is InChI=1S/C13H10BrN3OS2/c14-9-1-2-11(10(15)5-9)20-7-12-16-13(17-18-12)8-3-4-19-6-8/h1-6H,7,15H2. The highest BCUT2D eigenvalue weighted by atomic mass is 79.9. The number of nitrogens with two attached hydrogens (primary N) is 1. The number of anilines is 1. The van der Waals surface area contributed by atoms with Gasteiger partial charge in [0.15, 0.2) is 0 Å². The fourth-order valence-electron chi connectivity index (χ4n) is 1.61. The summed E-state index contributed by atoms with van der Waals surface area (Å²) in [5.41, 5.74) is 7.67. The third-order valence-corrected chi connectivity index (χ3v) is 4.82. The lowest BCUT2D eigenvalue weighted by molar-refractivity contribution is 0.391. The number of hydrogen-bond acceptors (Lipinski definition) is 6. The fourth-order valence-corrected chi connectivity index (χ4v) is 3.41. The predicted octanol–water partition coefficient (Wildman–Crippen LogP) is 4.44. The van der Waals surface area contributed by atoms with Gasteiger partial charge in [0, 0.05) is 26.0 Å². The summed E-state index contributed by atoms with van der Waals surface area (Å²) in [4.78, 5) is 5.38. The molecule has 3 rings (SSSR count). The van der Waals surface area contributed by atoms with E-state index in [4.69, 9.17) is 10.3 Å². The number of thioether (sulfide) groups is 1. The van der Waals surface area contributed by atoms with Crippen molar-refractivity contribution in [3.63, 3.8) is 0 Å². The number of nitrogens with zero attached hydrogens (tertiary/aromatic N) is 2. The number of thiophene rings is 1. The van der Waals surface area contributed by atoms with Gasteiger partial charge in [0.2, 0.25) is 11.7 Å². The number of halogens is 1. The first-order chi connectivity index (χ1) is 9.72. The first kappa shape index (κ1) is 13.7. The first-order valence-corrected chi connectivity index (χ1v) is 8.47. The molecule has 0 unspecified atom stereocenters. The Morgan fingerprint density at radius 3 is 3.00 bits per heavy atom. The molecule has 2 heterocycles. The highest BCUT2D eigenvalue weighted by Crippen LogP contribution is 2.30. The molecule has 20 heavy (non-hydrogen) atoms. The van der Waals surface area contributed by atoms with Crippen LogP contribution in [0, 0.1) is 0 Å². The second kappa shape index (κ2) is 5.99. The molecule has 4 nitrogen and oxygen atoms in total. The van der Waals surface area contributed by atoms with Crippen molar-refractivity contribution in [2.45, 2.75) is 10.6 Å². The van der Waals surface area contributed by atoms with Crippen molar-refractivity contribution in [2.75, 3.05) is 5.73 Å². The highest BCUT2D eigenvalue weighted by molar-refractivity contribution is 9.10. The molecule has 0 saturated carbocycles. The summed E-state index contributed by atoms with van der Waals surface area (Å²) >= 11 is 6.58. The molecule has 7 heteroatoms. The minimum atomic E-state index is 0.596. The van der Waals surface area contributed by atoms with Gasteiger partial charge in [0.25, 0.3) is 0 Å². The van der Waals surface area contributed by atoms with Gasteiger partial charge >= 0.3 is 0 Å². The molecule has 0 bridgehead atoms. The van der Waals surface area contributed by atoms with E-state index in [1.807, 2.05) is 35.0 Å². The van der Waals surface area contributed by atoms with Crippen molar-refractivity contribution in [1.82, 2.24) is 10.1 Å². The van der Waals surface area contributed by atoms with E-state index in [-0.39, 0.29) is 0 Å². The van der Waals surface area contributed by atoms with Crippen LogP contribution >= 0.6 is 39.0 Å². The van der Waals surface area contributed by atoms with E-state index >= 15 is 0 Å². The summed E-state index contributed by atoms with van der Waals surface area (Å²) in [5.74, 6) is 1.83. The maximum absolute atomic E-state index is 5.95. The highest BCUT2D eigenvalue weighted by Gasteiger charge is 2.10. The van der Waals surface area contributed by atoms with Gasteiger partial charge in [-0.2, -0.15) is 16.3 Å². The van der Waals surface area contributed by atoms with Crippen LogP contribution in [0.4, 0.5) is 5.69 Å². The van der Waals surface area contributed by atoms with Crippen LogP contribution in [0.5, 0.6) is 0 Å². The van der Waals surface area contributed by atoms with Crippen molar-refractivity contribution < 1.29 is 4.52 Å². The van der Waals surface area contributed by atoms with Gasteiger partial charge in [-0.25, -0.2) is 0 Å². The summed E-state index contributed by atoms with van der Waals surface area (Å²) in [6.45, 7) is 0. The largest absolute Gasteiger partial charge is 0.398 e. The van der Waals surface area contributed by atoms with E-state index in [9.17, 15) is 0 Å². The van der Waals surface area contributed by atoms with Gasteiger partial charge in [-0.15, -0.1) is 11.8 Å². The SMILES string of the molecule is Nc1cc(Br)ccc1SCc1nc(-c2ccsc2)no1. The van der Waals surface area contributed by atoms with E-state index in [2.05, 4.69) is 26.1 Å². The summed E-state index contributed by atoms with van der Waals surface area (Å²) < 4.78 is 6.22. The molecule has 0 spiro atoms. The summed E-state index contributed by atoms with van der Waals surface area (Å²) in [6, 6.07) is 7.79. The smallest absolute Gasteiger partial charge is 0.237 e. The Labute approximate surface area is 132 Å². The Morgan fingerprint density at radius 2 is 2.25 bits per heavy atom. The molecule has 0 aliphatic carbocycles. The van der Waals surface area contributed by atoms with Crippen LogP contribution in [0.3, 0.4) is 0 Å².